The number of rotatable bonds is 5. The first kappa shape index (κ1) is 13.7. The summed E-state index contributed by atoms with van der Waals surface area (Å²) in [6.45, 7) is 4.47. The summed E-state index contributed by atoms with van der Waals surface area (Å²) in [7, 11) is 1.95. The molecule has 0 aliphatic carbocycles. The molecule has 1 aromatic heterocycles. The van der Waals surface area contributed by atoms with E-state index in [0.29, 0.717) is 0 Å². The summed E-state index contributed by atoms with van der Waals surface area (Å²) in [5.41, 5.74) is 1.21. The summed E-state index contributed by atoms with van der Waals surface area (Å²) in [5, 5.41) is 11.0. The van der Waals surface area contributed by atoms with Gasteiger partial charge in [0.25, 0.3) is 0 Å². The molecule has 0 saturated carbocycles. The molecule has 0 aliphatic rings. The third-order valence-electron chi connectivity index (χ3n) is 2.86. The molecule has 2 atom stereocenters. The molecule has 0 aliphatic heterocycles. The molecule has 0 spiro atoms. The van der Waals surface area contributed by atoms with Crippen LogP contribution in [-0.2, 0) is 11.3 Å². The zero-order valence-corrected chi connectivity index (χ0v) is 12.0. The smallest absolute Gasteiger partial charge is 0.307 e. The van der Waals surface area contributed by atoms with Gasteiger partial charge in [0.1, 0.15) is 0 Å². The van der Waals surface area contributed by atoms with Crippen LogP contribution in [0.3, 0.4) is 0 Å². The molecule has 1 N–H and O–H groups in total. The Balaban J connectivity index is 2.58. The van der Waals surface area contributed by atoms with E-state index in [2.05, 4.69) is 32.3 Å². The van der Waals surface area contributed by atoms with Gasteiger partial charge in [-0.3, -0.25) is 9.69 Å². The summed E-state index contributed by atoms with van der Waals surface area (Å²) in [4.78, 5) is 12.9. The molecular formula is C11H16BrNO2S. The van der Waals surface area contributed by atoms with E-state index < -0.39 is 5.97 Å². The van der Waals surface area contributed by atoms with Crippen LogP contribution < -0.4 is 0 Å². The first-order chi connectivity index (χ1) is 7.41. The summed E-state index contributed by atoms with van der Waals surface area (Å²) in [6.07, 6.45) is 0. The van der Waals surface area contributed by atoms with E-state index in [1.54, 1.807) is 18.3 Å². The highest BCUT2D eigenvalue weighted by Gasteiger charge is 2.22. The zero-order chi connectivity index (χ0) is 12.3. The quantitative estimate of drug-likeness (QED) is 0.909. The van der Waals surface area contributed by atoms with E-state index in [-0.39, 0.29) is 12.0 Å². The number of halogens is 1. The van der Waals surface area contributed by atoms with Gasteiger partial charge in [0.15, 0.2) is 0 Å². The van der Waals surface area contributed by atoms with Crippen LogP contribution in [0, 0.1) is 5.92 Å². The van der Waals surface area contributed by atoms with Crippen molar-refractivity contribution in [3.8, 4) is 0 Å². The molecule has 0 fully saturated rings. The highest BCUT2D eigenvalue weighted by Crippen LogP contribution is 2.22. The molecule has 2 unspecified atom stereocenters. The van der Waals surface area contributed by atoms with Crippen molar-refractivity contribution in [1.82, 2.24) is 4.90 Å². The third kappa shape index (κ3) is 3.57. The highest BCUT2D eigenvalue weighted by molar-refractivity contribution is 9.11. The average molecular weight is 306 g/mol. The van der Waals surface area contributed by atoms with E-state index in [0.717, 1.165) is 10.3 Å². The lowest BCUT2D eigenvalue weighted by Crippen LogP contribution is -2.37. The first-order valence-corrected chi connectivity index (χ1v) is 6.75. The Morgan fingerprint density at radius 2 is 2.25 bits per heavy atom. The standard InChI is InChI=1S/C11H16BrNO2S/c1-7(11(14)15)8(2)13(3)5-9-4-10(12)16-6-9/h4,6-8H,5H2,1-3H3,(H,14,15). The number of carbonyl (C=O) groups is 1. The van der Waals surface area contributed by atoms with Crippen LogP contribution in [0.4, 0.5) is 0 Å². The van der Waals surface area contributed by atoms with Gasteiger partial charge in [0.05, 0.1) is 9.70 Å². The minimum absolute atomic E-state index is 0.0242. The molecule has 0 radical (unpaired) electrons. The predicted octanol–water partition coefficient (Wildman–Crippen LogP) is 3.05. The number of thiophene rings is 1. The van der Waals surface area contributed by atoms with E-state index in [1.165, 1.54) is 5.56 Å². The van der Waals surface area contributed by atoms with Gasteiger partial charge in [0.2, 0.25) is 0 Å². The zero-order valence-electron chi connectivity index (χ0n) is 9.61. The third-order valence-corrected chi connectivity index (χ3v) is 4.42. The molecule has 3 nitrogen and oxygen atoms in total. The fraction of sp³-hybridized carbons (Fsp3) is 0.545. The van der Waals surface area contributed by atoms with Crippen LogP contribution >= 0.6 is 27.3 Å². The number of carboxylic acid groups (broad SMARTS) is 1. The van der Waals surface area contributed by atoms with Crippen LogP contribution in [0.2, 0.25) is 0 Å². The molecule has 0 amide bonds. The number of hydrogen-bond donors (Lipinski definition) is 1. The largest absolute Gasteiger partial charge is 0.481 e. The second-order valence-electron chi connectivity index (χ2n) is 4.04. The Kier molecular flexibility index (Phi) is 4.95. The van der Waals surface area contributed by atoms with Crippen molar-refractivity contribution in [3.63, 3.8) is 0 Å². The van der Waals surface area contributed by atoms with Crippen LogP contribution in [0.1, 0.15) is 19.4 Å². The van der Waals surface area contributed by atoms with Crippen LogP contribution in [0.25, 0.3) is 0 Å². The van der Waals surface area contributed by atoms with Gasteiger partial charge in [-0.05, 0) is 46.9 Å². The number of carboxylic acids is 1. The number of aliphatic carboxylic acids is 1. The molecule has 0 bridgehead atoms. The Morgan fingerprint density at radius 1 is 1.62 bits per heavy atom. The molecule has 1 aromatic rings. The van der Waals surface area contributed by atoms with Crippen molar-refractivity contribution in [2.45, 2.75) is 26.4 Å². The van der Waals surface area contributed by atoms with E-state index in [4.69, 9.17) is 5.11 Å². The van der Waals surface area contributed by atoms with Gasteiger partial charge in [0, 0.05) is 12.6 Å². The molecule has 16 heavy (non-hydrogen) atoms. The van der Waals surface area contributed by atoms with Gasteiger partial charge in [-0.1, -0.05) is 6.92 Å². The fourth-order valence-corrected chi connectivity index (χ4v) is 2.65. The van der Waals surface area contributed by atoms with Gasteiger partial charge in [-0.2, -0.15) is 0 Å². The maximum atomic E-state index is 10.9. The van der Waals surface area contributed by atoms with Crippen molar-refractivity contribution >= 4 is 33.2 Å². The van der Waals surface area contributed by atoms with E-state index in [9.17, 15) is 4.79 Å². The lowest BCUT2D eigenvalue weighted by molar-refractivity contribution is -0.143. The number of nitrogens with zero attached hydrogens (tertiary/aromatic N) is 1. The molecule has 90 valence electrons. The summed E-state index contributed by atoms with van der Waals surface area (Å²) in [5.74, 6) is -1.10. The maximum absolute atomic E-state index is 10.9. The van der Waals surface area contributed by atoms with Gasteiger partial charge < -0.3 is 5.11 Å². The normalized spacial score (nSPS) is 15.1. The Bertz CT molecular complexity index is 367. The summed E-state index contributed by atoms with van der Waals surface area (Å²) in [6, 6.07) is 2.09. The molecule has 0 saturated heterocycles. The monoisotopic (exact) mass is 305 g/mol. The summed E-state index contributed by atoms with van der Waals surface area (Å²) < 4.78 is 1.11. The lowest BCUT2D eigenvalue weighted by atomic mass is 10.0. The van der Waals surface area contributed by atoms with Gasteiger partial charge in [-0.25, -0.2) is 0 Å². The maximum Gasteiger partial charge on any atom is 0.307 e. The average Bonchev–Trinajstić information content (AvgIpc) is 2.61. The second kappa shape index (κ2) is 5.80. The molecule has 0 aromatic carbocycles. The molecule has 1 heterocycles. The lowest BCUT2D eigenvalue weighted by Gasteiger charge is -2.27. The first-order valence-electron chi connectivity index (χ1n) is 5.07. The number of hydrogen-bond acceptors (Lipinski definition) is 3. The van der Waals surface area contributed by atoms with Gasteiger partial charge in [-0.15, -0.1) is 11.3 Å². The van der Waals surface area contributed by atoms with Gasteiger partial charge >= 0.3 is 5.97 Å². The highest BCUT2D eigenvalue weighted by atomic mass is 79.9. The minimum atomic E-state index is -0.745. The topological polar surface area (TPSA) is 40.5 Å². The van der Waals surface area contributed by atoms with Crippen LogP contribution in [-0.4, -0.2) is 29.1 Å². The molecule has 5 heteroatoms. The second-order valence-corrected chi connectivity index (χ2v) is 6.33. The van der Waals surface area contributed by atoms with Crippen LogP contribution in [0.15, 0.2) is 15.2 Å². The molecular weight excluding hydrogens is 290 g/mol. The van der Waals surface area contributed by atoms with Crippen molar-refractivity contribution in [3.05, 3.63) is 20.8 Å². The van der Waals surface area contributed by atoms with Crippen molar-refractivity contribution in [2.24, 2.45) is 5.92 Å². The Labute approximate surface area is 108 Å². The SMILES string of the molecule is CC(C(=O)O)C(C)N(C)Cc1csc(Br)c1. The summed E-state index contributed by atoms with van der Waals surface area (Å²) >= 11 is 5.06. The Hall–Kier alpha value is -0.390. The fourth-order valence-electron chi connectivity index (χ4n) is 1.45. The predicted molar refractivity (Wildman–Crippen MR) is 69.7 cm³/mol. The van der Waals surface area contributed by atoms with Crippen LogP contribution in [0.5, 0.6) is 0 Å². The van der Waals surface area contributed by atoms with Crippen molar-refractivity contribution < 1.29 is 9.90 Å². The van der Waals surface area contributed by atoms with E-state index >= 15 is 0 Å². The van der Waals surface area contributed by atoms with Crippen molar-refractivity contribution in [2.75, 3.05) is 7.05 Å². The van der Waals surface area contributed by atoms with E-state index in [1.807, 2.05) is 14.0 Å². The molecule has 1 rings (SSSR count). The Morgan fingerprint density at radius 3 is 2.69 bits per heavy atom. The van der Waals surface area contributed by atoms with Crippen molar-refractivity contribution in [1.29, 1.82) is 0 Å². The minimum Gasteiger partial charge on any atom is -0.481 e.